The average Bonchev–Trinajstić information content (AvgIpc) is 3.19. The lowest BCUT2D eigenvalue weighted by molar-refractivity contribution is -0.134. The number of carbonyl (C=O) groups is 2. The third-order valence-electron chi connectivity index (χ3n) is 4.57. The Balaban J connectivity index is 0.000000479. The van der Waals surface area contributed by atoms with E-state index >= 15 is 0 Å². The molecule has 164 valence electrons. The van der Waals surface area contributed by atoms with E-state index in [2.05, 4.69) is 56.2 Å². The minimum atomic E-state index is -1.26. The van der Waals surface area contributed by atoms with Crippen LogP contribution >= 0.6 is 11.3 Å². The molecular formula is C23H31NO5S. The topological polar surface area (TPSA) is 98.1 Å². The summed E-state index contributed by atoms with van der Waals surface area (Å²) in [7, 11) is 0. The van der Waals surface area contributed by atoms with Gasteiger partial charge in [0, 0.05) is 40.6 Å². The summed E-state index contributed by atoms with van der Waals surface area (Å²) in [4.78, 5) is 22.9. The van der Waals surface area contributed by atoms with Crippen molar-refractivity contribution < 1.29 is 24.9 Å². The Morgan fingerprint density at radius 3 is 1.97 bits per heavy atom. The molecule has 1 unspecified atom stereocenters. The molecule has 0 radical (unpaired) electrons. The second-order valence-corrected chi connectivity index (χ2v) is 8.33. The molecule has 0 aliphatic heterocycles. The fraction of sp³-hybridized carbons (Fsp3) is 0.391. The molecule has 0 aliphatic rings. The van der Waals surface area contributed by atoms with Crippen LogP contribution in [0, 0.1) is 0 Å². The van der Waals surface area contributed by atoms with Crippen LogP contribution in [-0.4, -0.2) is 50.8 Å². The van der Waals surface area contributed by atoms with E-state index < -0.39 is 11.9 Å². The van der Waals surface area contributed by atoms with Gasteiger partial charge >= 0.3 is 11.9 Å². The summed E-state index contributed by atoms with van der Waals surface area (Å²) in [5.41, 5.74) is 1.04. The van der Waals surface area contributed by atoms with Crippen molar-refractivity contribution in [2.75, 3.05) is 6.54 Å². The highest BCUT2D eigenvalue weighted by atomic mass is 32.1. The second-order valence-electron chi connectivity index (χ2n) is 7.35. The average molecular weight is 434 g/mol. The summed E-state index contributed by atoms with van der Waals surface area (Å²) in [6.07, 6.45) is 2.14. The Kier molecular flexibility index (Phi) is 10.9. The summed E-state index contributed by atoms with van der Waals surface area (Å²) in [5, 5.41) is 28.0. The van der Waals surface area contributed by atoms with Crippen LogP contribution in [0.1, 0.15) is 50.5 Å². The zero-order valence-corrected chi connectivity index (χ0v) is 18.7. The van der Waals surface area contributed by atoms with Crippen LogP contribution < -0.4 is 0 Å². The standard InChI is InChI=1S/C19H27NOS.C4H4O4/c1-14(2)20(15(3)4)12-11-17(19-10-7-13-22-19)16-8-5-6-9-18(16)21;5-3(6)1-2-4(7)8/h5-10,13-15,17,21H,11-12H2,1-4H3;1-2H,(H,5,6)(H,7,8). The number of para-hydroxylation sites is 1. The first kappa shape index (κ1) is 25.4. The van der Waals surface area contributed by atoms with Gasteiger partial charge in [-0.1, -0.05) is 24.3 Å². The van der Waals surface area contributed by atoms with Gasteiger partial charge in [0.2, 0.25) is 0 Å². The third kappa shape index (κ3) is 8.80. The summed E-state index contributed by atoms with van der Waals surface area (Å²) in [6, 6.07) is 13.1. The predicted molar refractivity (Wildman–Crippen MR) is 120 cm³/mol. The number of carboxylic acids is 2. The van der Waals surface area contributed by atoms with E-state index in [4.69, 9.17) is 10.2 Å². The summed E-state index contributed by atoms with van der Waals surface area (Å²) >= 11 is 1.77. The van der Waals surface area contributed by atoms with Gasteiger partial charge in [-0.25, -0.2) is 9.59 Å². The lowest BCUT2D eigenvalue weighted by atomic mass is 9.92. The molecule has 3 N–H and O–H groups in total. The number of phenols is 1. The van der Waals surface area contributed by atoms with E-state index in [1.54, 1.807) is 17.4 Å². The number of phenolic OH excluding ortho intramolecular Hbond substituents is 1. The predicted octanol–water partition coefficient (Wildman–Crippen LogP) is 4.81. The quantitative estimate of drug-likeness (QED) is 0.491. The molecule has 2 aromatic rings. The molecule has 30 heavy (non-hydrogen) atoms. The number of aliphatic carboxylic acids is 2. The molecule has 2 rings (SSSR count). The Labute approximate surface area is 182 Å². The van der Waals surface area contributed by atoms with Crippen LogP contribution in [0.25, 0.3) is 0 Å². The zero-order chi connectivity index (χ0) is 22.7. The van der Waals surface area contributed by atoms with Crippen LogP contribution in [0.4, 0.5) is 0 Å². The van der Waals surface area contributed by atoms with Crippen LogP contribution in [-0.2, 0) is 9.59 Å². The van der Waals surface area contributed by atoms with Gasteiger partial charge in [-0.05, 0) is 58.2 Å². The fourth-order valence-corrected chi connectivity index (χ4v) is 4.14. The monoisotopic (exact) mass is 433 g/mol. The van der Waals surface area contributed by atoms with Crippen molar-refractivity contribution in [2.24, 2.45) is 0 Å². The van der Waals surface area contributed by atoms with E-state index in [1.807, 2.05) is 12.1 Å². The zero-order valence-electron chi connectivity index (χ0n) is 17.9. The summed E-state index contributed by atoms with van der Waals surface area (Å²) < 4.78 is 0. The molecule has 1 atom stereocenters. The maximum Gasteiger partial charge on any atom is 0.328 e. The highest BCUT2D eigenvalue weighted by Crippen LogP contribution is 2.36. The number of nitrogens with zero attached hydrogens (tertiary/aromatic N) is 1. The molecular weight excluding hydrogens is 402 g/mol. The molecule has 0 spiro atoms. The first-order chi connectivity index (χ1) is 14.1. The number of hydrogen-bond acceptors (Lipinski definition) is 5. The van der Waals surface area contributed by atoms with Gasteiger partial charge in [0.05, 0.1) is 0 Å². The highest BCUT2D eigenvalue weighted by Gasteiger charge is 2.21. The Bertz CT molecular complexity index is 791. The van der Waals surface area contributed by atoms with Crippen LogP contribution in [0.2, 0.25) is 0 Å². The molecule has 1 heterocycles. The molecule has 0 aliphatic carbocycles. The van der Waals surface area contributed by atoms with Gasteiger partial charge in [-0.3, -0.25) is 4.90 Å². The minimum absolute atomic E-state index is 0.265. The van der Waals surface area contributed by atoms with Crippen molar-refractivity contribution in [1.82, 2.24) is 4.90 Å². The van der Waals surface area contributed by atoms with Crippen LogP contribution in [0.3, 0.4) is 0 Å². The van der Waals surface area contributed by atoms with Crippen molar-refractivity contribution >= 4 is 23.3 Å². The number of aromatic hydroxyl groups is 1. The molecule has 1 aromatic heterocycles. The number of thiophene rings is 1. The first-order valence-electron chi connectivity index (χ1n) is 9.84. The molecule has 0 fully saturated rings. The lowest BCUT2D eigenvalue weighted by Gasteiger charge is -2.32. The Morgan fingerprint density at radius 1 is 0.967 bits per heavy atom. The van der Waals surface area contributed by atoms with E-state index in [0.717, 1.165) is 18.5 Å². The van der Waals surface area contributed by atoms with Gasteiger partial charge in [0.15, 0.2) is 0 Å². The maximum atomic E-state index is 10.3. The van der Waals surface area contributed by atoms with E-state index in [0.29, 0.717) is 30.0 Å². The van der Waals surface area contributed by atoms with Gasteiger partial charge in [0.1, 0.15) is 5.75 Å². The lowest BCUT2D eigenvalue weighted by Crippen LogP contribution is -2.38. The first-order valence-corrected chi connectivity index (χ1v) is 10.7. The molecule has 7 heteroatoms. The molecule has 0 saturated carbocycles. The van der Waals surface area contributed by atoms with Crippen molar-refractivity contribution in [1.29, 1.82) is 0 Å². The van der Waals surface area contributed by atoms with Crippen molar-refractivity contribution in [3.63, 3.8) is 0 Å². The molecule has 6 nitrogen and oxygen atoms in total. The van der Waals surface area contributed by atoms with Crippen LogP contribution in [0.15, 0.2) is 53.9 Å². The minimum Gasteiger partial charge on any atom is -0.508 e. The van der Waals surface area contributed by atoms with Crippen molar-refractivity contribution in [2.45, 2.75) is 52.1 Å². The summed E-state index contributed by atoms with van der Waals surface area (Å²) in [6.45, 7) is 10.0. The van der Waals surface area contributed by atoms with Gasteiger partial charge in [-0.2, -0.15) is 0 Å². The maximum absolute atomic E-state index is 10.3. The number of benzene rings is 1. The molecule has 1 aromatic carbocycles. The number of rotatable bonds is 9. The van der Waals surface area contributed by atoms with E-state index in [-0.39, 0.29) is 5.92 Å². The Morgan fingerprint density at radius 2 is 1.53 bits per heavy atom. The fourth-order valence-electron chi connectivity index (χ4n) is 3.26. The number of carboxylic acid groups (broad SMARTS) is 2. The number of hydrogen-bond donors (Lipinski definition) is 3. The smallest absolute Gasteiger partial charge is 0.328 e. The Hall–Kier alpha value is -2.64. The normalized spacial score (nSPS) is 12.2. The van der Waals surface area contributed by atoms with Gasteiger partial charge in [0.25, 0.3) is 0 Å². The highest BCUT2D eigenvalue weighted by molar-refractivity contribution is 7.10. The van der Waals surface area contributed by atoms with E-state index in [9.17, 15) is 14.7 Å². The van der Waals surface area contributed by atoms with Gasteiger partial charge < -0.3 is 15.3 Å². The largest absolute Gasteiger partial charge is 0.508 e. The summed E-state index contributed by atoms with van der Waals surface area (Å²) in [5.74, 6) is -1.84. The molecule has 0 bridgehead atoms. The van der Waals surface area contributed by atoms with Gasteiger partial charge in [-0.15, -0.1) is 11.3 Å². The van der Waals surface area contributed by atoms with Crippen molar-refractivity contribution in [3.05, 3.63) is 64.4 Å². The molecule has 0 saturated heterocycles. The third-order valence-corrected chi connectivity index (χ3v) is 5.56. The van der Waals surface area contributed by atoms with E-state index in [1.165, 1.54) is 4.88 Å². The van der Waals surface area contributed by atoms with Crippen molar-refractivity contribution in [3.8, 4) is 5.75 Å². The van der Waals surface area contributed by atoms with Crippen LogP contribution in [0.5, 0.6) is 5.75 Å². The molecule has 0 amide bonds. The SMILES string of the molecule is CC(C)N(CCC(c1cccs1)c1ccccc1O)C(C)C.O=C(O)C=CC(=O)O. The second kappa shape index (κ2) is 12.8.